The minimum atomic E-state index is -0.342. The van der Waals surface area contributed by atoms with Gasteiger partial charge in [-0.2, -0.15) is 0 Å². The molecule has 9 heteroatoms. The van der Waals surface area contributed by atoms with Crippen molar-refractivity contribution in [3.8, 4) is 0 Å². The average Bonchev–Trinajstić information content (AvgIpc) is 3.31. The van der Waals surface area contributed by atoms with E-state index in [0.717, 1.165) is 48.8 Å². The van der Waals surface area contributed by atoms with Gasteiger partial charge in [-0.3, -0.25) is 9.36 Å². The number of fused-ring (bicyclic) bond motifs is 1. The van der Waals surface area contributed by atoms with Crippen LogP contribution in [0.3, 0.4) is 0 Å². The third-order valence-corrected chi connectivity index (χ3v) is 5.80. The molecular formula is C25H24N6O3. The van der Waals surface area contributed by atoms with Crippen LogP contribution in [0.1, 0.15) is 16.1 Å². The van der Waals surface area contributed by atoms with Crippen molar-refractivity contribution in [1.82, 2.24) is 14.5 Å². The molecule has 0 atom stereocenters. The van der Waals surface area contributed by atoms with E-state index in [1.54, 1.807) is 30.5 Å². The molecule has 34 heavy (non-hydrogen) atoms. The van der Waals surface area contributed by atoms with E-state index in [1.165, 1.54) is 10.9 Å². The second-order valence-corrected chi connectivity index (χ2v) is 7.99. The molecule has 0 spiro atoms. The lowest BCUT2D eigenvalue weighted by atomic mass is 10.2. The van der Waals surface area contributed by atoms with Crippen molar-refractivity contribution in [2.24, 2.45) is 0 Å². The first-order valence-electron chi connectivity index (χ1n) is 11.0. The van der Waals surface area contributed by atoms with Gasteiger partial charge in [0, 0.05) is 47.3 Å². The zero-order valence-electron chi connectivity index (χ0n) is 18.7. The minimum Gasteiger partial charge on any atom is -0.378 e. The van der Waals surface area contributed by atoms with E-state index in [2.05, 4.69) is 25.5 Å². The molecule has 2 aromatic heterocycles. The topological polar surface area (TPSA) is 101 Å². The Bertz CT molecular complexity index is 1330. The Morgan fingerprint density at radius 2 is 1.56 bits per heavy atom. The lowest BCUT2D eigenvalue weighted by molar-refractivity contribution is 0.102. The van der Waals surface area contributed by atoms with Gasteiger partial charge in [-0.05, 0) is 61.5 Å². The first kappa shape index (κ1) is 21.6. The Labute approximate surface area is 196 Å². The number of carbonyl (C=O) groups is 2. The van der Waals surface area contributed by atoms with Crippen molar-refractivity contribution in [1.29, 1.82) is 0 Å². The quantitative estimate of drug-likeness (QED) is 0.483. The number of amides is 2. The van der Waals surface area contributed by atoms with Crippen LogP contribution in [0.4, 0.5) is 21.9 Å². The molecule has 1 saturated heterocycles. The molecule has 172 valence electrons. The molecule has 1 aliphatic rings. The summed E-state index contributed by atoms with van der Waals surface area (Å²) in [6.07, 6.45) is 3.10. The average molecular weight is 457 g/mol. The van der Waals surface area contributed by atoms with E-state index in [1.807, 2.05) is 37.3 Å². The normalized spacial score (nSPS) is 13.6. The van der Waals surface area contributed by atoms with Gasteiger partial charge in [0.2, 0.25) is 0 Å². The minimum absolute atomic E-state index is 0.222. The molecule has 1 aliphatic heterocycles. The molecule has 3 heterocycles. The summed E-state index contributed by atoms with van der Waals surface area (Å²) < 4.78 is 6.82. The summed E-state index contributed by atoms with van der Waals surface area (Å²) in [6.45, 7) is 5.05. The fraction of sp³-hybridized carbons (Fsp3) is 0.200. The summed E-state index contributed by atoms with van der Waals surface area (Å²) in [7, 11) is 0. The number of morpholine rings is 1. The highest BCUT2D eigenvalue weighted by Gasteiger charge is 2.14. The summed E-state index contributed by atoms with van der Waals surface area (Å²) in [5.41, 5.74) is 4.24. The number of carbonyl (C=O) groups excluding carboxylic acids is 2. The maximum absolute atomic E-state index is 12.7. The number of nitrogens with zero attached hydrogens (tertiary/aromatic N) is 4. The van der Waals surface area contributed by atoms with Gasteiger partial charge in [0.05, 0.1) is 18.9 Å². The second kappa shape index (κ2) is 9.32. The highest BCUT2D eigenvalue weighted by atomic mass is 16.5. The van der Waals surface area contributed by atoms with Crippen molar-refractivity contribution in [2.75, 3.05) is 41.8 Å². The number of hydrogen-bond donors (Lipinski definition) is 2. The van der Waals surface area contributed by atoms with Crippen LogP contribution in [-0.2, 0) is 4.74 Å². The highest BCUT2D eigenvalue weighted by molar-refractivity contribution is 6.05. The summed E-state index contributed by atoms with van der Waals surface area (Å²) in [4.78, 5) is 36.0. The first-order valence-corrected chi connectivity index (χ1v) is 11.0. The van der Waals surface area contributed by atoms with Crippen LogP contribution in [-0.4, -0.2) is 52.8 Å². The molecule has 2 N–H and O–H groups in total. The maximum Gasteiger partial charge on any atom is 0.331 e. The molecule has 0 saturated carbocycles. The van der Waals surface area contributed by atoms with Gasteiger partial charge < -0.3 is 20.3 Å². The van der Waals surface area contributed by atoms with Crippen molar-refractivity contribution in [2.45, 2.75) is 6.92 Å². The molecule has 9 nitrogen and oxygen atoms in total. The third kappa shape index (κ3) is 4.46. The fourth-order valence-corrected chi connectivity index (χ4v) is 3.91. The van der Waals surface area contributed by atoms with Crippen LogP contribution in [0.25, 0.3) is 11.0 Å². The Hall–Kier alpha value is -4.24. The number of nitrogens with one attached hydrogen (secondary N) is 2. The Morgan fingerprint density at radius 3 is 2.29 bits per heavy atom. The van der Waals surface area contributed by atoms with Gasteiger partial charge in [0.1, 0.15) is 6.33 Å². The van der Waals surface area contributed by atoms with Gasteiger partial charge >= 0.3 is 6.03 Å². The zero-order valence-corrected chi connectivity index (χ0v) is 18.7. The molecule has 0 radical (unpaired) electrons. The number of hydrogen-bond acceptors (Lipinski definition) is 6. The Kier molecular flexibility index (Phi) is 5.92. The van der Waals surface area contributed by atoms with Crippen LogP contribution in [0.15, 0.2) is 67.1 Å². The van der Waals surface area contributed by atoms with Crippen LogP contribution < -0.4 is 15.5 Å². The molecule has 4 aromatic rings. The lowest BCUT2D eigenvalue weighted by Gasteiger charge is -2.28. The molecule has 0 unspecified atom stereocenters. The van der Waals surface area contributed by atoms with E-state index in [0.29, 0.717) is 16.9 Å². The van der Waals surface area contributed by atoms with E-state index < -0.39 is 0 Å². The van der Waals surface area contributed by atoms with Crippen LogP contribution in [0, 0.1) is 6.92 Å². The van der Waals surface area contributed by atoms with Crippen LogP contribution >= 0.6 is 0 Å². The summed E-state index contributed by atoms with van der Waals surface area (Å²) in [5.74, 6) is -0.222. The Morgan fingerprint density at radius 1 is 0.882 bits per heavy atom. The SMILES string of the molecule is Cc1ncnc2c1ccn2C(=O)Nc1ccc(C(=O)Nc2ccc(N3CCOCC3)cc2)cc1. The molecule has 0 bridgehead atoms. The monoisotopic (exact) mass is 456 g/mol. The van der Waals surface area contributed by atoms with Gasteiger partial charge in [-0.25, -0.2) is 14.8 Å². The molecular weight excluding hydrogens is 432 g/mol. The number of aromatic nitrogens is 3. The Balaban J connectivity index is 1.21. The third-order valence-electron chi connectivity index (χ3n) is 5.80. The maximum atomic E-state index is 12.7. The molecule has 2 aromatic carbocycles. The molecule has 1 fully saturated rings. The molecule has 2 amide bonds. The number of benzene rings is 2. The number of rotatable bonds is 4. The standard InChI is InChI=1S/C25H24N6O3/c1-17-22-10-11-31(23(22)27-16-26-17)25(33)29-20-4-2-18(3-5-20)24(32)28-19-6-8-21(9-7-19)30-12-14-34-15-13-30/h2-11,16H,12-15H2,1H3,(H,28,32)(H,29,33). The van der Waals surface area contributed by atoms with E-state index in [9.17, 15) is 9.59 Å². The predicted octanol–water partition coefficient (Wildman–Crippen LogP) is 3.91. The zero-order chi connectivity index (χ0) is 23.5. The van der Waals surface area contributed by atoms with Gasteiger partial charge in [-0.15, -0.1) is 0 Å². The van der Waals surface area contributed by atoms with Gasteiger partial charge in [-0.1, -0.05) is 0 Å². The van der Waals surface area contributed by atoms with E-state index in [4.69, 9.17) is 4.74 Å². The highest BCUT2D eigenvalue weighted by Crippen LogP contribution is 2.20. The first-order chi connectivity index (χ1) is 16.6. The van der Waals surface area contributed by atoms with Crippen molar-refractivity contribution >= 4 is 40.0 Å². The predicted molar refractivity (Wildman–Crippen MR) is 131 cm³/mol. The fourth-order valence-electron chi connectivity index (χ4n) is 3.91. The van der Waals surface area contributed by atoms with E-state index >= 15 is 0 Å². The van der Waals surface area contributed by atoms with Crippen molar-refractivity contribution in [3.63, 3.8) is 0 Å². The van der Waals surface area contributed by atoms with Gasteiger partial charge in [0.15, 0.2) is 5.65 Å². The lowest BCUT2D eigenvalue weighted by Crippen LogP contribution is -2.36. The summed E-state index contributed by atoms with van der Waals surface area (Å²) in [5, 5.41) is 6.56. The second-order valence-electron chi connectivity index (χ2n) is 7.99. The summed E-state index contributed by atoms with van der Waals surface area (Å²) >= 11 is 0. The smallest absolute Gasteiger partial charge is 0.331 e. The number of aryl methyl sites for hydroxylation is 1. The van der Waals surface area contributed by atoms with Crippen molar-refractivity contribution < 1.29 is 14.3 Å². The largest absolute Gasteiger partial charge is 0.378 e. The summed E-state index contributed by atoms with van der Waals surface area (Å²) in [6, 6.07) is 16.0. The van der Waals surface area contributed by atoms with Gasteiger partial charge in [0.25, 0.3) is 5.91 Å². The molecule has 0 aliphatic carbocycles. The molecule has 5 rings (SSSR count). The van der Waals surface area contributed by atoms with E-state index in [-0.39, 0.29) is 11.9 Å². The number of anilines is 3. The van der Waals surface area contributed by atoms with Crippen molar-refractivity contribution in [3.05, 3.63) is 78.4 Å². The van der Waals surface area contributed by atoms with Crippen LogP contribution in [0.2, 0.25) is 0 Å². The van der Waals surface area contributed by atoms with Crippen LogP contribution in [0.5, 0.6) is 0 Å². The number of ether oxygens (including phenoxy) is 1.